The normalized spacial score (nSPS) is 42.0. The number of nitrogens with two attached hydrogens (primary N) is 1. The molecule has 2 N–H and O–H groups in total. The van der Waals surface area contributed by atoms with Crippen LogP contribution < -0.4 is 5.73 Å². The summed E-state index contributed by atoms with van der Waals surface area (Å²) in [7, 11) is 0. The maximum absolute atomic E-state index is 6.60. The number of hydrogen-bond acceptors (Lipinski definition) is 2. The summed E-state index contributed by atoms with van der Waals surface area (Å²) < 4.78 is 0. The molecule has 3 aliphatic rings. The van der Waals surface area contributed by atoms with Gasteiger partial charge in [-0.2, -0.15) is 0 Å². The van der Waals surface area contributed by atoms with Gasteiger partial charge < -0.3 is 5.73 Å². The molecule has 0 spiro atoms. The molecule has 2 aliphatic carbocycles. The van der Waals surface area contributed by atoms with E-state index in [1.807, 2.05) is 0 Å². The van der Waals surface area contributed by atoms with Crippen LogP contribution in [0.25, 0.3) is 0 Å². The van der Waals surface area contributed by atoms with E-state index in [2.05, 4.69) is 25.7 Å². The number of fused-ring (bicyclic) bond motifs is 1. The Morgan fingerprint density at radius 2 is 1.76 bits per heavy atom. The largest absolute Gasteiger partial charge is 0.326 e. The Balaban J connectivity index is 1.73. The monoisotopic (exact) mass is 292 g/mol. The highest BCUT2D eigenvalue weighted by Gasteiger charge is 2.43. The van der Waals surface area contributed by atoms with Crippen molar-refractivity contribution in [1.29, 1.82) is 0 Å². The average molecular weight is 293 g/mol. The van der Waals surface area contributed by atoms with Crippen molar-refractivity contribution in [1.82, 2.24) is 4.90 Å². The molecule has 1 heterocycles. The Bertz CT molecular complexity index is 351. The van der Waals surface area contributed by atoms with Gasteiger partial charge in [-0.25, -0.2) is 0 Å². The van der Waals surface area contributed by atoms with E-state index < -0.39 is 0 Å². The first-order valence-corrected chi connectivity index (χ1v) is 9.54. The maximum atomic E-state index is 6.60. The zero-order chi connectivity index (χ0) is 15.0. The van der Waals surface area contributed by atoms with E-state index in [0.717, 1.165) is 17.9 Å². The van der Waals surface area contributed by atoms with Gasteiger partial charge in [0.2, 0.25) is 0 Å². The molecule has 21 heavy (non-hydrogen) atoms. The van der Waals surface area contributed by atoms with E-state index in [4.69, 9.17) is 5.73 Å². The Labute approximate surface area is 131 Å². The minimum Gasteiger partial charge on any atom is -0.326 e. The summed E-state index contributed by atoms with van der Waals surface area (Å²) in [4.78, 5) is 2.88. The smallest absolute Gasteiger partial charge is 0.0253 e. The third-order valence-corrected chi connectivity index (χ3v) is 7.35. The highest BCUT2D eigenvalue weighted by Crippen LogP contribution is 2.44. The van der Waals surface area contributed by atoms with Crippen molar-refractivity contribution in [2.75, 3.05) is 6.54 Å². The third-order valence-electron chi connectivity index (χ3n) is 7.35. The predicted molar refractivity (Wildman–Crippen MR) is 90.2 cm³/mol. The fraction of sp³-hybridized carbons (Fsp3) is 1.00. The first-order chi connectivity index (χ1) is 10.0. The van der Waals surface area contributed by atoms with Gasteiger partial charge in [-0.1, -0.05) is 33.6 Å². The molecule has 2 heteroatoms. The van der Waals surface area contributed by atoms with E-state index in [0.29, 0.717) is 17.5 Å². The third kappa shape index (κ3) is 3.03. The average Bonchev–Trinajstić information content (AvgIpc) is 2.96. The van der Waals surface area contributed by atoms with Gasteiger partial charge in [0, 0.05) is 18.1 Å². The Morgan fingerprint density at radius 1 is 1.00 bits per heavy atom. The molecule has 0 amide bonds. The molecule has 0 aromatic heterocycles. The lowest BCUT2D eigenvalue weighted by atomic mass is 9.67. The first-order valence-electron chi connectivity index (χ1n) is 9.54. The van der Waals surface area contributed by atoms with Crippen molar-refractivity contribution in [2.45, 2.75) is 96.7 Å². The lowest BCUT2D eigenvalue weighted by molar-refractivity contribution is 0.00638. The molecule has 0 radical (unpaired) electrons. The van der Waals surface area contributed by atoms with Crippen molar-refractivity contribution in [2.24, 2.45) is 23.0 Å². The van der Waals surface area contributed by atoms with Gasteiger partial charge in [-0.15, -0.1) is 0 Å². The van der Waals surface area contributed by atoms with Crippen LogP contribution in [0.15, 0.2) is 0 Å². The standard InChI is InChI=1S/C19H36N2/c1-4-19(2,3)15-10-11-16(20)18(13-15)21-12-6-8-14-7-5-9-17(14)21/h14-18H,4-13,20H2,1-3H3. The fourth-order valence-corrected chi connectivity index (χ4v) is 5.45. The molecule has 1 saturated heterocycles. The molecule has 2 saturated carbocycles. The molecule has 5 unspecified atom stereocenters. The summed E-state index contributed by atoms with van der Waals surface area (Å²) in [6.45, 7) is 8.62. The lowest BCUT2D eigenvalue weighted by Gasteiger charge is -2.50. The minimum absolute atomic E-state index is 0.424. The second-order valence-corrected chi connectivity index (χ2v) is 8.72. The van der Waals surface area contributed by atoms with Crippen LogP contribution in [0, 0.1) is 17.3 Å². The van der Waals surface area contributed by atoms with Crippen molar-refractivity contribution < 1.29 is 0 Å². The molecule has 2 nitrogen and oxygen atoms in total. The highest BCUT2D eigenvalue weighted by atomic mass is 15.2. The fourth-order valence-electron chi connectivity index (χ4n) is 5.45. The SMILES string of the molecule is CCC(C)(C)C1CCC(N)C(N2CCCC3CCCC32)C1. The van der Waals surface area contributed by atoms with Gasteiger partial charge in [0.1, 0.15) is 0 Å². The van der Waals surface area contributed by atoms with Gasteiger partial charge in [0.25, 0.3) is 0 Å². The predicted octanol–water partition coefficient (Wildman–Crippen LogP) is 4.18. The quantitative estimate of drug-likeness (QED) is 0.845. The molecular formula is C19H36N2. The molecule has 0 bridgehead atoms. The van der Waals surface area contributed by atoms with E-state index in [1.165, 1.54) is 64.3 Å². The molecule has 122 valence electrons. The van der Waals surface area contributed by atoms with Crippen molar-refractivity contribution in [3.05, 3.63) is 0 Å². The molecule has 5 atom stereocenters. The summed E-state index contributed by atoms with van der Waals surface area (Å²) in [5, 5.41) is 0. The highest BCUT2D eigenvalue weighted by molar-refractivity contribution is 4.99. The maximum Gasteiger partial charge on any atom is 0.0253 e. The Hall–Kier alpha value is -0.0800. The lowest BCUT2D eigenvalue weighted by Crippen LogP contribution is -2.58. The number of nitrogens with zero attached hydrogens (tertiary/aromatic N) is 1. The van der Waals surface area contributed by atoms with Crippen molar-refractivity contribution in [3.63, 3.8) is 0 Å². The minimum atomic E-state index is 0.424. The van der Waals surface area contributed by atoms with E-state index in [9.17, 15) is 0 Å². The number of likely N-dealkylation sites (tertiary alicyclic amines) is 1. The Morgan fingerprint density at radius 3 is 2.52 bits per heavy atom. The molecular weight excluding hydrogens is 256 g/mol. The van der Waals surface area contributed by atoms with Gasteiger partial charge in [0.15, 0.2) is 0 Å². The van der Waals surface area contributed by atoms with Gasteiger partial charge >= 0.3 is 0 Å². The Kier molecular flexibility index (Phi) is 4.66. The van der Waals surface area contributed by atoms with E-state index >= 15 is 0 Å². The van der Waals surface area contributed by atoms with Crippen LogP contribution in [0.3, 0.4) is 0 Å². The zero-order valence-corrected chi connectivity index (χ0v) is 14.5. The summed E-state index contributed by atoms with van der Waals surface area (Å²) in [5.74, 6) is 1.86. The van der Waals surface area contributed by atoms with E-state index in [1.54, 1.807) is 0 Å². The molecule has 3 rings (SSSR count). The van der Waals surface area contributed by atoms with Crippen LogP contribution in [0.1, 0.15) is 78.6 Å². The van der Waals surface area contributed by atoms with Crippen molar-refractivity contribution in [3.8, 4) is 0 Å². The topological polar surface area (TPSA) is 29.3 Å². The van der Waals surface area contributed by atoms with Gasteiger partial charge in [-0.05, 0) is 68.7 Å². The van der Waals surface area contributed by atoms with Crippen molar-refractivity contribution >= 4 is 0 Å². The number of piperidine rings is 1. The molecule has 0 aromatic carbocycles. The zero-order valence-electron chi connectivity index (χ0n) is 14.5. The van der Waals surface area contributed by atoms with Gasteiger partial charge in [-0.3, -0.25) is 4.90 Å². The summed E-state index contributed by atoms with van der Waals surface area (Å²) >= 11 is 0. The summed E-state index contributed by atoms with van der Waals surface area (Å²) in [6.07, 6.45) is 12.5. The molecule has 0 aromatic rings. The van der Waals surface area contributed by atoms with Crippen LogP contribution in [-0.4, -0.2) is 29.6 Å². The summed E-state index contributed by atoms with van der Waals surface area (Å²) in [6, 6.07) is 1.96. The van der Waals surface area contributed by atoms with E-state index in [-0.39, 0.29) is 0 Å². The van der Waals surface area contributed by atoms with Crippen LogP contribution in [0.5, 0.6) is 0 Å². The number of hydrogen-bond donors (Lipinski definition) is 1. The molecule has 3 fully saturated rings. The summed E-state index contributed by atoms with van der Waals surface area (Å²) in [5.41, 5.74) is 7.09. The second kappa shape index (κ2) is 6.20. The van der Waals surface area contributed by atoms with Gasteiger partial charge in [0.05, 0.1) is 0 Å². The first kappa shape index (κ1) is 15.8. The van der Waals surface area contributed by atoms with Crippen LogP contribution >= 0.6 is 0 Å². The van der Waals surface area contributed by atoms with Crippen LogP contribution in [-0.2, 0) is 0 Å². The van der Waals surface area contributed by atoms with Crippen LogP contribution in [0.2, 0.25) is 0 Å². The second-order valence-electron chi connectivity index (χ2n) is 8.72. The van der Waals surface area contributed by atoms with Crippen LogP contribution in [0.4, 0.5) is 0 Å². The molecule has 1 aliphatic heterocycles. The number of rotatable bonds is 3.